The summed E-state index contributed by atoms with van der Waals surface area (Å²) >= 11 is 0. The maximum atomic E-state index is 11.3. The second-order valence-electron chi connectivity index (χ2n) is 4.27. The molecule has 0 spiro atoms. The summed E-state index contributed by atoms with van der Waals surface area (Å²) in [5, 5.41) is 2.72. The van der Waals surface area contributed by atoms with E-state index < -0.39 is 0 Å². The molecule has 3 nitrogen and oxygen atoms in total. The molecule has 1 aliphatic rings. The zero-order valence-electron chi connectivity index (χ0n) is 8.26. The average molecular weight is 171 g/mol. The van der Waals surface area contributed by atoms with E-state index in [4.69, 9.17) is 0 Å². The molecule has 0 aromatic heterocycles. The molecule has 0 unspecified atom stereocenters. The lowest BCUT2D eigenvalue weighted by atomic mass is 9.95. The molecule has 0 aliphatic carbocycles. The first-order valence-electron chi connectivity index (χ1n) is 4.59. The highest BCUT2D eigenvalue weighted by Gasteiger charge is 2.29. The number of carbonyl (C=O) groups excluding carboxylic acids is 1. The number of rotatable bonds is 1. The summed E-state index contributed by atoms with van der Waals surface area (Å²) in [6.07, 6.45) is 2.07. The van der Waals surface area contributed by atoms with E-state index in [1.54, 1.807) is 7.05 Å². The van der Waals surface area contributed by atoms with Gasteiger partial charge in [0.1, 0.15) is 0 Å². The number of nitrogens with zero attached hydrogens (tertiary/aromatic N) is 1. The van der Waals surface area contributed by atoms with Crippen LogP contribution in [0.25, 0.3) is 0 Å². The Morgan fingerprint density at radius 1 is 1.33 bits per heavy atom. The number of hydrogen-bond acceptors (Lipinski definition) is 1. The zero-order valence-corrected chi connectivity index (χ0v) is 8.26. The van der Waals surface area contributed by atoms with Gasteiger partial charge in [0.2, 0.25) is 5.91 Å². The number of nitrogens with one attached hydrogen (secondary N) is 1. The first-order valence-corrected chi connectivity index (χ1v) is 4.59. The van der Waals surface area contributed by atoms with Crippen molar-refractivity contribution in [1.82, 2.24) is 5.32 Å². The lowest BCUT2D eigenvalue weighted by Crippen LogP contribution is -2.48. The molecule has 3 heteroatoms. The lowest BCUT2D eigenvalue weighted by Gasteiger charge is -2.36. The van der Waals surface area contributed by atoms with Crippen molar-refractivity contribution >= 4 is 5.91 Å². The quantitative estimate of drug-likeness (QED) is 0.562. The maximum absolute atomic E-state index is 11.3. The van der Waals surface area contributed by atoms with Crippen LogP contribution in [0.15, 0.2) is 0 Å². The van der Waals surface area contributed by atoms with Crippen LogP contribution in [0.3, 0.4) is 0 Å². The molecule has 0 atom stereocenters. The molecule has 0 saturated carbocycles. The van der Waals surface area contributed by atoms with Crippen LogP contribution < -0.4 is 5.32 Å². The molecule has 1 aliphatic heterocycles. The summed E-state index contributed by atoms with van der Waals surface area (Å²) in [4.78, 5) is 11.3. The Morgan fingerprint density at radius 3 is 2.25 bits per heavy atom. The van der Waals surface area contributed by atoms with Crippen molar-refractivity contribution in [3.05, 3.63) is 0 Å². The third-order valence-corrected chi connectivity index (χ3v) is 2.78. The monoisotopic (exact) mass is 171 g/mol. The van der Waals surface area contributed by atoms with Crippen LogP contribution in [0.5, 0.6) is 0 Å². The maximum Gasteiger partial charge on any atom is 0.223 e. The van der Waals surface area contributed by atoms with Gasteiger partial charge in [0.05, 0.1) is 27.2 Å². The summed E-state index contributed by atoms with van der Waals surface area (Å²) in [7, 11) is 6.16. The van der Waals surface area contributed by atoms with E-state index in [1.165, 1.54) is 0 Å². The molecule has 12 heavy (non-hydrogen) atoms. The first kappa shape index (κ1) is 9.52. The second-order valence-corrected chi connectivity index (χ2v) is 4.27. The highest BCUT2D eigenvalue weighted by Crippen LogP contribution is 2.19. The molecule has 1 rings (SSSR count). The van der Waals surface area contributed by atoms with Gasteiger partial charge in [0.25, 0.3) is 0 Å². The van der Waals surface area contributed by atoms with Crippen LogP contribution in [0, 0.1) is 5.92 Å². The van der Waals surface area contributed by atoms with E-state index in [9.17, 15) is 4.79 Å². The standard InChI is InChI=1S/C9H18N2O/c1-10-9(12)8-4-6-11(2,3)7-5-8/h8H,4-7H2,1-3H3/p+1. The van der Waals surface area contributed by atoms with Crippen molar-refractivity contribution < 1.29 is 9.28 Å². The predicted molar refractivity (Wildman–Crippen MR) is 48.6 cm³/mol. The van der Waals surface area contributed by atoms with E-state index >= 15 is 0 Å². The molecule has 1 saturated heterocycles. The van der Waals surface area contributed by atoms with Crippen molar-refractivity contribution in [2.24, 2.45) is 5.92 Å². The van der Waals surface area contributed by atoms with Gasteiger partial charge in [-0.25, -0.2) is 0 Å². The van der Waals surface area contributed by atoms with Gasteiger partial charge in [-0.05, 0) is 0 Å². The predicted octanol–water partition coefficient (Wildman–Crippen LogP) is 0.219. The van der Waals surface area contributed by atoms with Crippen LogP contribution in [0.4, 0.5) is 0 Å². The fraction of sp³-hybridized carbons (Fsp3) is 0.889. The molecule has 1 fully saturated rings. The Hall–Kier alpha value is -0.570. The van der Waals surface area contributed by atoms with Crippen LogP contribution in [0.2, 0.25) is 0 Å². The summed E-state index contributed by atoms with van der Waals surface area (Å²) in [6, 6.07) is 0. The summed E-state index contributed by atoms with van der Waals surface area (Å²) in [6.45, 7) is 2.25. The van der Waals surface area contributed by atoms with Gasteiger partial charge in [-0.2, -0.15) is 0 Å². The van der Waals surface area contributed by atoms with Crippen molar-refractivity contribution in [2.45, 2.75) is 12.8 Å². The second kappa shape index (κ2) is 3.44. The number of quaternary nitrogens is 1. The Balaban J connectivity index is 2.41. The molecule has 70 valence electrons. The van der Waals surface area contributed by atoms with Crippen LogP contribution >= 0.6 is 0 Å². The highest BCUT2D eigenvalue weighted by atomic mass is 16.1. The van der Waals surface area contributed by atoms with Crippen molar-refractivity contribution in [3.63, 3.8) is 0 Å². The number of likely N-dealkylation sites (tertiary alicyclic amines) is 1. The van der Waals surface area contributed by atoms with Gasteiger partial charge in [-0.15, -0.1) is 0 Å². The molecular formula is C9H19N2O+. The van der Waals surface area contributed by atoms with Crippen molar-refractivity contribution in [1.29, 1.82) is 0 Å². The van der Waals surface area contributed by atoms with E-state index in [2.05, 4.69) is 19.4 Å². The number of piperidine rings is 1. The smallest absolute Gasteiger partial charge is 0.223 e. The zero-order chi connectivity index (χ0) is 9.19. The van der Waals surface area contributed by atoms with Gasteiger partial charge in [-0.3, -0.25) is 4.79 Å². The Morgan fingerprint density at radius 2 is 1.83 bits per heavy atom. The molecule has 1 amide bonds. The SMILES string of the molecule is CNC(=O)C1CC[N+](C)(C)CC1. The summed E-state index contributed by atoms with van der Waals surface area (Å²) < 4.78 is 1.06. The van der Waals surface area contributed by atoms with E-state index in [0.29, 0.717) is 0 Å². The third kappa shape index (κ3) is 2.21. The van der Waals surface area contributed by atoms with Gasteiger partial charge in [-0.1, -0.05) is 0 Å². The van der Waals surface area contributed by atoms with Crippen LogP contribution in [-0.4, -0.2) is 44.6 Å². The largest absolute Gasteiger partial charge is 0.359 e. The van der Waals surface area contributed by atoms with Gasteiger partial charge < -0.3 is 9.80 Å². The summed E-state index contributed by atoms with van der Waals surface area (Å²) in [5.74, 6) is 0.482. The minimum absolute atomic E-state index is 0.217. The Labute approximate surface area is 74.3 Å². The minimum Gasteiger partial charge on any atom is -0.359 e. The van der Waals surface area contributed by atoms with Gasteiger partial charge in [0.15, 0.2) is 0 Å². The minimum atomic E-state index is 0.217. The van der Waals surface area contributed by atoms with Gasteiger partial charge >= 0.3 is 0 Å². The normalized spacial score (nSPS) is 23.6. The number of hydrogen-bond donors (Lipinski definition) is 1. The number of amides is 1. The first-order chi connectivity index (χ1) is 5.55. The lowest BCUT2D eigenvalue weighted by molar-refractivity contribution is -0.895. The van der Waals surface area contributed by atoms with Crippen molar-refractivity contribution in [3.8, 4) is 0 Å². The van der Waals surface area contributed by atoms with Crippen LogP contribution in [0.1, 0.15) is 12.8 Å². The van der Waals surface area contributed by atoms with E-state index in [-0.39, 0.29) is 11.8 Å². The average Bonchev–Trinajstić information content (AvgIpc) is 2.03. The molecule has 1 N–H and O–H groups in total. The molecule has 0 radical (unpaired) electrons. The fourth-order valence-corrected chi connectivity index (χ4v) is 1.73. The topological polar surface area (TPSA) is 29.1 Å². The summed E-state index contributed by atoms with van der Waals surface area (Å²) in [5.41, 5.74) is 0. The molecule has 0 aromatic carbocycles. The Bertz CT molecular complexity index is 167. The molecule has 0 aromatic rings. The van der Waals surface area contributed by atoms with Crippen molar-refractivity contribution in [2.75, 3.05) is 34.2 Å². The third-order valence-electron chi connectivity index (χ3n) is 2.78. The Kier molecular flexibility index (Phi) is 2.73. The number of carbonyl (C=O) groups is 1. The van der Waals surface area contributed by atoms with E-state index in [0.717, 1.165) is 30.4 Å². The molecular weight excluding hydrogens is 152 g/mol. The molecule has 0 bridgehead atoms. The molecule has 1 heterocycles. The van der Waals surface area contributed by atoms with Crippen LogP contribution in [-0.2, 0) is 4.79 Å². The fourth-order valence-electron chi connectivity index (χ4n) is 1.73. The van der Waals surface area contributed by atoms with E-state index in [1.807, 2.05) is 0 Å². The highest BCUT2D eigenvalue weighted by molar-refractivity contribution is 5.78. The van der Waals surface area contributed by atoms with Gasteiger partial charge in [0, 0.05) is 25.8 Å².